The van der Waals surface area contributed by atoms with E-state index in [9.17, 15) is 9.90 Å². The Morgan fingerprint density at radius 1 is 1.58 bits per heavy atom. The molecule has 5 nitrogen and oxygen atoms in total. The van der Waals surface area contributed by atoms with Crippen molar-refractivity contribution in [2.45, 2.75) is 38.8 Å². The number of hydrogen-bond acceptors (Lipinski definition) is 5. The molecule has 0 amide bonds. The van der Waals surface area contributed by atoms with E-state index in [1.54, 1.807) is 0 Å². The third-order valence-electron chi connectivity index (χ3n) is 2.95. The summed E-state index contributed by atoms with van der Waals surface area (Å²) in [5.41, 5.74) is -0.0929. The van der Waals surface area contributed by atoms with Crippen molar-refractivity contribution in [2.24, 2.45) is 0 Å². The van der Waals surface area contributed by atoms with Crippen LogP contribution in [-0.4, -0.2) is 27.2 Å². The second kappa shape index (κ2) is 5.81. The summed E-state index contributed by atoms with van der Waals surface area (Å²) in [6.07, 6.45) is 1.68. The van der Waals surface area contributed by atoms with Crippen LogP contribution in [0.2, 0.25) is 0 Å². The van der Waals surface area contributed by atoms with Crippen molar-refractivity contribution in [1.82, 2.24) is 15.3 Å². The van der Waals surface area contributed by atoms with E-state index in [1.807, 2.05) is 25.3 Å². The molecule has 0 saturated heterocycles. The van der Waals surface area contributed by atoms with Crippen molar-refractivity contribution in [3.63, 3.8) is 0 Å². The Hall–Kier alpha value is -1.24. The Bertz CT molecular complexity index is 603. The minimum absolute atomic E-state index is 0.0999. The van der Waals surface area contributed by atoms with Crippen LogP contribution >= 0.6 is 11.3 Å². The molecule has 6 heteroatoms. The van der Waals surface area contributed by atoms with Gasteiger partial charge in [0, 0.05) is 6.54 Å². The van der Waals surface area contributed by atoms with Gasteiger partial charge in [0.15, 0.2) is 0 Å². The normalized spacial score (nSPS) is 14.7. The van der Waals surface area contributed by atoms with Gasteiger partial charge in [-0.1, -0.05) is 13.3 Å². The SMILES string of the molecule is CCCC(C)(O)CNCc1nc2ccsc2c(=O)[nH]1. The highest BCUT2D eigenvalue weighted by molar-refractivity contribution is 7.17. The van der Waals surface area contributed by atoms with Crippen LogP contribution in [-0.2, 0) is 6.54 Å². The van der Waals surface area contributed by atoms with Crippen LogP contribution in [0, 0.1) is 0 Å². The summed E-state index contributed by atoms with van der Waals surface area (Å²) in [5.74, 6) is 0.600. The van der Waals surface area contributed by atoms with Gasteiger partial charge in [-0.3, -0.25) is 4.79 Å². The smallest absolute Gasteiger partial charge is 0.268 e. The fraction of sp³-hybridized carbons (Fsp3) is 0.538. The number of aromatic nitrogens is 2. The molecular weight excluding hydrogens is 262 g/mol. The highest BCUT2D eigenvalue weighted by Crippen LogP contribution is 2.14. The average molecular weight is 281 g/mol. The maximum atomic E-state index is 11.8. The van der Waals surface area contributed by atoms with E-state index in [0.29, 0.717) is 23.6 Å². The standard InChI is InChI=1S/C13H19N3O2S/c1-3-5-13(2,18)8-14-7-10-15-9-4-6-19-11(9)12(17)16-10/h4,6,14,18H,3,5,7-8H2,1-2H3,(H,15,16,17). The summed E-state index contributed by atoms with van der Waals surface area (Å²) in [6.45, 7) is 4.77. The second-order valence-electron chi connectivity index (χ2n) is 5.00. The molecule has 3 N–H and O–H groups in total. The third-order valence-corrected chi connectivity index (χ3v) is 3.85. The maximum absolute atomic E-state index is 11.8. The van der Waals surface area contributed by atoms with Crippen LogP contribution in [0.5, 0.6) is 0 Å². The zero-order valence-corrected chi connectivity index (χ0v) is 12.0. The largest absolute Gasteiger partial charge is 0.389 e. The Morgan fingerprint density at radius 3 is 3.11 bits per heavy atom. The van der Waals surface area contributed by atoms with Crippen molar-refractivity contribution < 1.29 is 5.11 Å². The van der Waals surface area contributed by atoms with Gasteiger partial charge in [-0.25, -0.2) is 4.98 Å². The summed E-state index contributed by atoms with van der Waals surface area (Å²) >= 11 is 1.39. The fourth-order valence-electron chi connectivity index (χ4n) is 2.08. The van der Waals surface area contributed by atoms with Crippen molar-refractivity contribution >= 4 is 21.6 Å². The lowest BCUT2D eigenvalue weighted by atomic mass is 10.0. The average Bonchev–Trinajstić information content (AvgIpc) is 2.77. The molecule has 0 fully saturated rings. The first-order valence-electron chi connectivity index (χ1n) is 6.41. The molecular formula is C13H19N3O2S. The highest BCUT2D eigenvalue weighted by atomic mass is 32.1. The van der Waals surface area contributed by atoms with Crippen molar-refractivity contribution in [3.8, 4) is 0 Å². The molecule has 2 heterocycles. The Labute approximate surface area is 115 Å². The molecule has 2 aromatic rings. The van der Waals surface area contributed by atoms with E-state index in [0.717, 1.165) is 18.4 Å². The molecule has 1 atom stereocenters. The monoisotopic (exact) mass is 281 g/mol. The quantitative estimate of drug-likeness (QED) is 0.752. The van der Waals surface area contributed by atoms with E-state index in [2.05, 4.69) is 15.3 Å². The fourth-order valence-corrected chi connectivity index (χ4v) is 2.81. The molecule has 104 valence electrons. The van der Waals surface area contributed by atoms with Gasteiger partial charge in [0.25, 0.3) is 5.56 Å². The summed E-state index contributed by atoms with van der Waals surface area (Å²) in [4.78, 5) is 18.9. The number of fused-ring (bicyclic) bond motifs is 1. The number of thiophene rings is 1. The number of nitrogens with zero attached hydrogens (tertiary/aromatic N) is 1. The number of nitrogens with one attached hydrogen (secondary N) is 2. The Morgan fingerprint density at radius 2 is 2.37 bits per heavy atom. The lowest BCUT2D eigenvalue weighted by Gasteiger charge is -2.22. The molecule has 19 heavy (non-hydrogen) atoms. The number of rotatable bonds is 6. The number of aromatic amines is 1. The Kier molecular flexibility index (Phi) is 4.34. The maximum Gasteiger partial charge on any atom is 0.268 e. The first-order valence-corrected chi connectivity index (χ1v) is 7.29. The van der Waals surface area contributed by atoms with Gasteiger partial charge >= 0.3 is 0 Å². The van der Waals surface area contributed by atoms with Crippen LogP contribution in [0.25, 0.3) is 10.2 Å². The predicted molar refractivity (Wildman–Crippen MR) is 77.5 cm³/mol. The van der Waals surface area contributed by atoms with Crippen LogP contribution in [0.3, 0.4) is 0 Å². The molecule has 0 aliphatic heterocycles. The zero-order chi connectivity index (χ0) is 13.9. The summed E-state index contributed by atoms with van der Waals surface area (Å²) in [6, 6.07) is 1.84. The molecule has 0 aromatic carbocycles. The molecule has 0 bridgehead atoms. The van der Waals surface area contributed by atoms with Crippen molar-refractivity contribution in [3.05, 3.63) is 27.6 Å². The van der Waals surface area contributed by atoms with Crippen LogP contribution in [0.4, 0.5) is 0 Å². The second-order valence-corrected chi connectivity index (χ2v) is 5.91. The van der Waals surface area contributed by atoms with Crippen molar-refractivity contribution in [1.29, 1.82) is 0 Å². The minimum atomic E-state index is -0.721. The van der Waals surface area contributed by atoms with E-state index in [4.69, 9.17) is 0 Å². The molecule has 0 radical (unpaired) electrons. The predicted octanol–water partition coefficient (Wildman–Crippen LogP) is 1.63. The van der Waals surface area contributed by atoms with Crippen LogP contribution in [0.1, 0.15) is 32.5 Å². The van der Waals surface area contributed by atoms with Gasteiger partial charge < -0.3 is 15.4 Å². The zero-order valence-electron chi connectivity index (χ0n) is 11.2. The van der Waals surface area contributed by atoms with E-state index < -0.39 is 5.60 Å². The molecule has 0 saturated carbocycles. The van der Waals surface area contributed by atoms with Gasteiger partial charge in [0.05, 0.1) is 17.7 Å². The molecule has 0 aliphatic rings. The molecule has 2 aromatic heterocycles. The van der Waals surface area contributed by atoms with Gasteiger partial charge in [-0.2, -0.15) is 0 Å². The van der Waals surface area contributed by atoms with Gasteiger partial charge in [-0.05, 0) is 24.8 Å². The lowest BCUT2D eigenvalue weighted by Crippen LogP contribution is -2.37. The number of aliphatic hydroxyl groups is 1. The van der Waals surface area contributed by atoms with E-state index >= 15 is 0 Å². The summed E-state index contributed by atoms with van der Waals surface area (Å²) in [5, 5.41) is 15.0. The molecule has 0 spiro atoms. The third kappa shape index (κ3) is 3.62. The van der Waals surface area contributed by atoms with Crippen LogP contribution in [0.15, 0.2) is 16.2 Å². The lowest BCUT2D eigenvalue weighted by molar-refractivity contribution is 0.0496. The van der Waals surface area contributed by atoms with Gasteiger partial charge in [0.2, 0.25) is 0 Å². The van der Waals surface area contributed by atoms with E-state index in [-0.39, 0.29) is 5.56 Å². The first kappa shape index (κ1) is 14.2. The molecule has 0 aliphatic carbocycles. The minimum Gasteiger partial charge on any atom is -0.389 e. The number of H-pyrrole nitrogens is 1. The van der Waals surface area contributed by atoms with Crippen LogP contribution < -0.4 is 10.9 Å². The molecule has 2 rings (SSSR count). The van der Waals surface area contributed by atoms with Crippen molar-refractivity contribution in [2.75, 3.05) is 6.54 Å². The highest BCUT2D eigenvalue weighted by Gasteiger charge is 2.18. The summed E-state index contributed by atoms with van der Waals surface area (Å²) < 4.78 is 0.654. The molecule has 1 unspecified atom stereocenters. The number of hydrogen-bond donors (Lipinski definition) is 3. The first-order chi connectivity index (χ1) is 9.02. The Balaban J connectivity index is 2.00. The van der Waals surface area contributed by atoms with Gasteiger partial charge in [-0.15, -0.1) is 11.3 Å². The van der Waals surface area contributed by atoms with Gasteiger partial charge in [0.1, 0.15) is 10.5 Å². The summed E-state index contributed by atoms with van der Waals surface area (Å²) in [7, 11) is 0. The van der Waals surface area contributed by atoms with E-state index in [1.165, 1.54) is 11.3 Å². The topological polar surface area (TPSA) is 78.0 Å².